The SMILES string of the molecule is CC(=N)N1CCC(Oc2cc(N3CCC(C(=O)O)CC3)c3nc(C(C)C)n(Cc4ccc(C(=N)N)c5ccccc45)c3c2)CC1. The highest BCUT2D eigenvalue weighted by Crippen LogP contribution is 2.38. The highest BCUT2D eigenvalue weighted by Gasteiger charge is 2.29. The van der Waals surface area contributed by atoms with Crippen LogP contribution in [-0.2, 0) is 11.3 Å². The van der Waals surface area contributed by atoms with E-state index < -0.39 is 5.97 Å². The molecule has 0 atom stereocenters. The summed E-state index contributed by atoms with van der Waals surface area (Å²) in [6.45, 7) is 9.63. The maximum Gasteiger partial charge on any atom is 0.306 e. The summed E-state index contributed by atoms with van der Waals surface area (Å²) in [6, 6.07) is 16.3. The second kappa shape index (κ2) is 12.4. The van der Waals surface area contributed by atoms with Gasteiger partial charge in [-0.25, -0.2) is 4.98 Å². The number of hydrogen-bond donors (Lipinski definition) is 4. The Morgan fingerprint density at radius 3 is 2.33 bits per heavy atom. The second-order valence-corrected chi connectivity index (χ2v) is 12.7. The Morgan fingerprint density at radius 2 is 1.71 bits per heavy atom. The average molecular weight is 610 g/mol. The van der Waals surface area contributed by atoms with Crippen LogP contribution in [0.4, 0.5) is 5.69 Å². The highest BCUT2D eigenvalue weighted by atomic mass is 16.5. The predicted octanol–water partition coefficient (Wildman–Crippen LogP) is 5.79. The Balaban J connectivity index is 1.44. The van der Waals surface area contributed by atoms with E-state index >= 15 is 0 Å². The number of carbonyl (C=O) groups is 1. The van der Waals surface area contributed by atoms with Crippen LogP contribution in [0, 0.1) is 16.7 Å². The fourth-order valence-corrected chi connectivity index (χ4v) is 6.89. The molecule has 236 valence electrons. The number of anilines is 1. The third-order valence-corrected chi connectivity index (χ3v) is 9.39. The molecule has 2 saturated heterocycles. The number of aromatic nitrogens is 2. The lowest BCUT2D eigenvalue weighted by Crippen LogP contribution is -2.40. The fraction of sp³-hybridized carbons (Fsp3) is 0.429. The standard InChI is InChI=1S/C35H43N7O3/c1-21(2)34-39-32-30(41-14-10-23(11-15-41)35(43)44)18-26(45-25-12-16-40(17-13-25)22(3)36)19-31(32)42(34)20-24-8-9-29(33(37)38)28-7-5-4-6-27(24)28/h4-9,18-19,21,23,25,36H,10-17,20H2,1-3H3,(H3,37,38)(H,43,44). The molecule has 2 fully saturated rings. The average Bonchev–Trinajstić information content (AvgIpc) is 3.39. The third kappa shape index (κ3) is 6.06. The summed E-state index contributed by atoms with van der Waals surface area (Å²) in [5, 5.41) is 27.7. The van der Waals surface area contributed by atoms with E-state index in [9.17, 15) is 9.90 Å². The van der Waals surface area contributed by atoms with Crippen molar-refractivity contribution in [1.82, 2.24) is 14.5 Å². The molecule has 2 aliphatic rings. The maximum absolute atomic E-state index is 11.7. The van der Waals surface area contributed by atoms with E-state index in [1.807, 2.05) is 31.2 Å². The largest absolute Gasteiger partial charge is 0.490 e. The van der Waals surface area contributed by atoms with Crippen molar-refractivity contribution in [2.75, 3.05) is 31.1 Å². The number of carboxylic acid groups (broad SMARTS) is 1. The zero-order chi connectivity index (χ0) is 31.8. The first-order chi connectivity index (χ1) is 21.6. The highest BCUT2D eigenvalue weighted by molar-refractivity contribution is 6.08. The van der Waals surface area contributed by atoms with Gasteiger partial charge in [-0.1, -0.05) is 50.2 Å². The monoisotopic (exact) mass is 609 g/mol. The van der Waals surface area contributed by atoms with Crippen molar-refractivity contribution in [1.29, 1.82) is 10.8 Å². The number of piperidine rings is 2. The van der Waals surface area contributed by atoms with Gasteiger partial charge in [0, 0.05) is 69.2 Å². The first-order valence-electron chi connectivity index (χ1n) is 15.9. The van der Waals surface area contributed by atoms with Gasteiger partial charge in [-0.05, 0) is 36.1 Å². The molecule has 10 nitrogen and oxygen atoms in total. The number of nitrogens with one attached hydrogen (secondary N) is 2. The minimum absolute atomic E-state index is 0.0488. The summed E-state index contributed by atoms with van der Waals surface area (Å²) in [4.78, 5) is 21.3. The number of ether oxygens (including phenoxy) is 1. The summed E-state index contributed by atoms with van der Waals surface area (Å²) in [7, 11) is 0. The maximum atomic E-state index is 11.7. The van der Waals surface area contributed by atoms with Crippen LogP contribution < -0.4 is 15.4 Å². The molecule has 6 rings (SSSR count). The summed E-state index contributed by atoms with van der Waals surface area (Å²) in [6.07, 6.45) is 2.93. The van der Waals surface area contributed by atoms with Crippen LogP contribution in [0.15, 0.2) is 48.5 Å². The smallest absolute Gasteiger partial charge is 0.306 e. The zero-order valence-corrected chi connectivity index (χ0v) is 26.3. The fourth-order valence-electron chi connectivity index (χ4n) is 6.89. The molecule has 0 radical (unpaired) electrons. The van der Waals surface area contributed by atoms with Gasteiger partial charge in [-0.2, -0.15) is 0 Å². The van der Waals surface area contributed by atoms with Crippen molar-refractivity contribution in [2.24, 2.45) is 11.7 Å². The summed E-state index contributed by atoms with van der Waals surface area (Å²) >= 11 is 0. The van der Waals surface area contributed by atoms with E-state index in [-0.39, 0.29) is 23.8 Å². The molecule has 0 spiro atoms. The van der Waals surface area contributed by atoms with Gasteiger partial charge in [-0.3, -0.25) is 15.6 Å². The van der Waals surface area contributed by atoms with Gasteiger partial charge >= 0.3 is 5.97 Å². The minimum Gasteiger partial charge on any atom is -0.490 e. The van der Waals surface area contributed by atoms with Crippen LogP contribution in [0.2, 0.25) is 0 Å². The lowest BCUT2D eigenvalue weighted by Gasteiger charge is -2.34. The Labute approximate surface area is 263 Å². The van der Waals surface area contributed by atoms with E-state index in [1.165, 1.54) is 0 Å². The molecular weight excluding hydrogens is 566 g/mol. The summed E-state index contributed by atoms with van der Waals surface area (Å²) in [5.74, 6) is 1.51. The van der Waals surface area contributed by atoms with Gasteiger partial charge in [0.1, 0.15) is 29.0 Å². The molecule has 0 unspecified atom stereocenters. The van der Waals surface area contributed by atoms with E-state index in [1.54, 1.807) is 0 Å². The molecule has 10 heteroatoms. The number of rotatable bonds is 8. The van der Waals surface area contributed by atoms with Crippen molar-refractivity contribution < 1.29 is 14.6 Å². The third-order valence-electron chi connectivity index (χ3n) is 9.39. The van der Waals surface area contributed by atoms with Crippen LogP contribution in [0.3, 0.4) is 0 Å². The second-order valence-electron chi connectivity index (χ2n) is 12.7. The molecule has 0 amide bonds. The van der Waals surface area contributed by atoms with Crippen LogP contribution in [-0.4, -0.2) is 69.5 Å². The van der Waals surface area contributed by atoms with Crippen molar-refractivity contribution in [3.05, 3.63) is 65.5 Å². The van der Waals surface area contributed by atoms with Gasteiger partial charge < -0.3 is 29.9 Å². The Kier molecular flexibility index (Phi) is 8.40. The minimum atomic E-state index is -0.724. The quantitative estimate of drug-likeness (QED) is 0.146. The van der Waals surface area contributed by atoms with E-state index in [4.69, 9.17) is 26.3 Å². The normalized spacial score (nSPS) is 16.5. The number of nitrogens with two attached hydrogens (primary N) is 1. The Hall–Kier alpha value is -4.60. The number of carboxylic acids is 1. The first-order valence-corrected chi connectivity index (χ1v) is 15.9. The van der Waals surface area contributed by atoms with E-state index in [2.05, 4.69) is 52.5 Å². The number of nitrogens with zero attached hydrogens (tertiary/aromatic N) is 4. The molecule has 2 aliphatic heterocycles. The van der Waals surface area contributed by atoms with Crippen molar-refractivity contribution in [3.8, 4) is 5.75 Å². The van der Waals surface area contributed by atoms with Gasteiger partial charge in [0.25, 0.3) is 0 Å². The number of hydrogen-bond acceptors (Lipinski definition) is 6. The molecule has 1 aromatic heterocycles. The lowest BCUT2D eigenvalue weighted by molar-refractivity contribution is -0.142. The molecule has 3 heterocycles. The van der Waals surface area contributed by atoms with Gasteiger partial charge in [0.2, 0.25) is 0 Å². The van der Waals surface area contributed by atoms with Gasteiger partial charge in [0.05, 0.1) is 23.0 Å². The van der Waals surface area contributed by atoms with Crippen LogP contribution in [0.25, 0.3) is 21.8 Å². The van der Waals surface area contributed by atoms with Crippen LogP contribution in [0.5, 0.6) is 5.75 Å². The van der Waals surface area contributed by atoms with Crippen molar-refractivity contribution >= 4 is 45.1 Å². The first kappa shape index (κ1) is 30.4. The molecule has 4 aromatic rings. The molecule has 0 bridgehead atoms. The number of nitrogen functional groups attached to an aromatic ring is 1. The summed E-state index contributed by atoms with van der Waals surface area (Å²) in [5.41, 5.74) is 10.6. The zero-order valence-electron chi connectivity index (χ0n) is 26.3. The van der Waals surface area contributed by atoms with Gasteiger partial charge in [0.15, 0.2) is 0 Å². The number of amidine groups is 2. The number of aliphatic carboxylic acids is 1. The Morgan fingerprint density at radius 1 is 1.02 bits per heavy atom. The number of likely N-dealkylation sites (tertiary alicyclic amines) is 1. The topological polar surface area (TPSA) is 145 Å². The molecule has 0 aliphatic carbocycles. The van der Waals surface area contributed by atoms with Crippen LogP contribution in [0.1, 0.15) is 69.3 Å². The predicted molar refractivity (Wildman–Crippen MR) is 179 cm³/mol. The molecule has 5 N–H and O–H groups in total. The molecule has 0 saturated carbocycles. The molecule has 45 heavy (non-hydrogen) atoms. The van der Waals surface area contributed by atoms with E-state index in [0.29, 0.717) is 38.3 Å². The number of fused-ring (bicyclic) bond motifs is 2. The number of imidazole rings is 1. The molecular formula is C35H43N7O3. The summed E-state index contributed by atoms with van der Waals surface area (Å²) < 4.78 is 8.96. The van der Waals surface area contributed by atoms with Crippen molar-refractivity contribution in [2.45, 2.75) is 65.0 Å². The van der Waals surface area contributed by atoms with Crippen LogP contribution >= 0.6 is 0 Å². The van der Waals surface area contributed by atoms with Crippen molar-refractivity contribution in [3.63, 3.8) is 0 Å². The van der Waals surface area contributed by atoms with E-state index in [0.717, 1.165) is 76.1 Å². The van der Waals surface area contributed by atoms with Gasteiger partial charge in [-0.15, -0.1) is 0 Å². The molecule has 3 aromatic carbocycles. The number of benzene rings is 3. The Bertz CT molecular complexity index is 1760. The lowest BCUT2D eigenvalue weighted by atomic mass is 9.96.